The first-order valence-corrected chi connectivity index (χ1v) is 14.6. The molecule has 0 radical (unpaired) electrons. The van der Waals surface area contributed by atoms with Gasteiger partial charge in [0.15, 0.2) is 8.68 Å². The topological polar surface area (TPSA) is 119 Å². The molecule has 0 aliphatic rings. The number of nitrogens with two attached hydrogens (primary N) is 1. The van der Waals surface area contributed by atoms with Gasteiger partial charge < -0.3 is 21.1 Å². The molecule has 2 heterocycles. The Kier molecular flexibility index (Phi) is 7.79. The number of methoxy groups -OCH3 is 1. The van der Waals surface area contributed by atoms with Crippen molar-refractivity contribution >= 4 is 95.5 Å². The van der Waals surface area contributed by atoms with Gasteiger partial charge in [-0.2, -0.15) is 0 Å². The largest absolute Gasteiger partial charge is 0.495 e. The van der Waals surface area contributed by atoms with E-state index in [1.807, 2.05) is 48.5 Å². The number of rotatable bonds is 9. The molecule has 2 amide bonds. The Morgan fingerprint density at radius 3 is 2.19 bits per heavy atom. The summed E-state index contributed by atoms with van der Waals surface area (Å²) >= 11 is 5.76. The monoisotopic (exact) mass is 567 g/mol. The first kappa shape index (κ1) is 25.3. The minimum absolute atomic E-state index is 0.116. The van der Waals surface area contributed by atoms with Gasteiger partial charge in [0.05, 0.1) is 44.7 Å². The van der Waals surface area contributed by atoms with E-state index < -0.39 is 0 Å². The molecule has 3 aromatic carbocycles. The maximum absolute atomic E-state index is 12.5. The van der Waals surface area contributed by atoms with Crippen LogP contribution in [0.3, 0.4) is 0 Å². The smallest absolute Gasteiger partial charge is 0.234 e. The van der Waals surface area contributed by atoms with E-state index in [4.69, 9.17) is 10.5 Å². The number of aromatic nitrogens is 2. The van der Waals surface area contributed by atoms with Gasteiger partial charge in [-0.3, -0.25) is 9.59 Å². The lowest BCUT2D eigenvalue weighted by Crippen LogP contribution is -2.14. The minimum Gasteiger partial charge on any atom is -0.495 e. The van der Waals surface area contributed by atoms with Crippen LogP contribution in [-0.2, 0) is 9.59 Å². The second-order valence-corrected chi connectivity index (χ2v) is 12.2. The summed E-state index contributed by atoms with van der Waals surface area (Å²) in [6.07, 6.45) is 0. The number of amides is 2. The molecule has 37 heavy (non-hydrogen) atoms. The Bertz CT molecular complexity index is 1600. The Labute approximate surface area is 229 Å². The van der Waals surface area contributed by atoms with Gasteiger partial charge >= 0.3 is 0 Å². The minimum atomic E-state index is -0.143. The highest BCUT2D eigenvalue weighted by Gasteiger charge is 2.12. The van der Waals surface area contributed by atoms with Gasteiger partial charge in [-0.05, 0) is 48.5 Å². The molecule has 5 aromatic rings. The van der Waals surface area contributed by atoms with Crippen LogP contribution in [0.2, 0.25) is 0 Å². The fourth-order valence-electron chi connectivity index (χ4n) is 3.41. The highest BCUT2D eigenvalue weighted by atomic mass is 32.2. The van der Waals surface area contributed by atoms with Crippen molar-refractivity contribution in [2.24, 2.45) is 0 Å². The van der Waals surface area contributed by atoms with Gasteiger partial charge in [0, 0.05) is 11.4 Å². The summed E-state index contributed by atoms with van der Waals surface area (Å²) in [6.45, 7) is 0. The number of thiazole rings is 2. The number of benzene rings is 3. The summed E-state index contributed by atoms with van der Waals surface area (Å²) in [5.41, 5.74) is 9.55. The zero-order valence-electron chi connectivity index (χ0n) is 19.5. The predicted molar refractivity (Wildman–Crippen MR) is 155 cm³/mol. The van der Waals surface area contributed by atoms with Gasteiger partial charge in [0.2, 0.25) is 11.8 Å². The number of hydrogen-bond donors (Lipinski definition) is 3. The molecule has 0 atom stereocenters. The zero-order chi connectivity index (χ0) is 25.8. The van der Waals surface area contributed by atoms with Crippen LogP contribution in [0.25, 0.3) is 20.4 Å². The average molecular weight is 568 g/mol. The summed E-state index contributed by atoms with van der Waals surface area (Å²) in [7, 11) is 1.57. The third kappa shape index (κ3) is 6.34. The molecule has 0 saturated carbocycles. The number of hydrogen-bond acceptors (Lipinski definition) is 10. The first-order chi connectivity index (χ1) is 18.0. The van der Waals surface area contributed by atoms with Crippen LogP contribution >= 0.6 is 46.2 Å². The lowest BCUT2D eigenvalue weighted by Gasteiger charge is -2.09. The van der Waals surface area contributed by atoms with Crippen molar-refractivity contribution in [2.75, 3.05) is 35.0 Å². The number of carbonyl (C=O) groups is 2. The highest BCUT2D eigenvalue weighted by molar-refractivity contribution is 8.02. The van der Waals surface area contributed by atoms with Crippen LogP contribution in [0.5, 0.6) is 5.75 Å². The third-order valence-electron chi connectivity index (χ3n) is 5.08. The van der Waals surface area contributed by atoms with E-state index in [9.17, 15) is 9.59 Å². The van der Waals surface area contributed by atoms with Gasteiger partial charge in [-0.25, -0.2) is 9.97 Å². The number of carbonyl (C=O) groups excluding carboxylic acids is 2. The molecular formula is C25H21N5O3S4. The van der Waals surface area contributed by atoms with Crippen molar-refractivity contribution in [3.05, 3.63) is 60.7 Å². The number of thioether (sulfide) groups is 2. The summed E-state index contributed by atoms with van der Waals surface area (Å²) in [5.74, 6) is 0.820. The molecule has 0 spiro atoms. The fourth-order valence-corrected chi connectivity index (χ4v) is 7.24. The second kappa shape index (κ2) is 11.4. The first-order valence-electron chi connectivity index (χ1n) is 11.0. The number of nitrogen functional groups attached to an aromatic ring is 1. The van der Waals surface area contributed by atoms with E-state index in [-0.39, 0.29) is 23.3 Å². The molecule has 0 unspecified atom stereocenters. The number of para-hydroxylation sites is 2. The van der Waals surface area contributed by atoms with E-state index in [0.29, 0.717) is 22.8 Å². The predicted octanol–water partition coefficient (Wildman–Crippen LogP) is 5.96. The molecule has 0 bridgehead atoms. The molecule has 0 aliphatic heterocycles. The Morgan fingerprint density at radius 2 is 1.49 bits per heavy atom. The number of ether oxygens (including phenoxy) is 1. The van der Waals surface area contributed by atoms with Crippen molar-refractivity contribution in [3.8, 4) is 5.75 Å². The van der Waals surface area contributed by atoms with Crippen molar-refractivity contribution in [1.29, 1.82) is 0 Å². The lowest BCUT2D eigenvalue weighted by molar-refractivity contribution is -0.114. The summed E-state index contributed by atoms with van der Waals surface area (Å²) < 4.78 is 8.81. The molecule has 8 nitrogen and oxygen atoms in total. The zero-order valence-corrected chi connectivity index (χ0v) is 22.8. The lowest BCUT2D eigenvalue weighted by atomic mass is 10.3. The quantitative estimate of drug-likeness (QED) is 0.147. The van der Waals surface area contributed by atoms with Crippen LogP contribution in [-0.4, -0.2) is 40.4 Å². The maximum Gasteiger partial charge on any atom is 0.234 e. The standard InChI is InChI=1S/C25H21N5O3S4/c1-33-19-5-3-2-4-16(19)28-23(32)13-35-25-30-18-9-7-15(11-21(18)37-25)27-22(31)12-34-24-29-17-8-6-14(26)10-20(17)36-24/h2-11H,12-13,26H2,1H3,(H,27,31)(H,28,32). The Balaban J connectivity index is 1.15. The second-order valence-electron chi connectivity index (χ2n) is 7.74. The molecule has 188 valence electrons. The number of anilines is 3. The molecule has 0 fully saturated rings. The van der Waals surface area contributed by atoms with Crippen LogP contribution in [0.15, 0.2) is 69.3 Å². The molecular weight excluding hydrogens is 547 g/mol. The van der Waals surface area contributed by atoms with E-state index in [0.717, 1.165) is 29.1 Å². The fraction of sp³-hybridized carbons (Fsp3) is 0.120. The van der Waals surface area contributed by atoms with Crippen molar-refractivity contribution in [3.63, 3.8) is 0 Å². The molecule has 5 rings (SSSR count). The van der Waals surface area contributed by atoms with Crippen LogP contribution in [0, 0.1) is 0 Å². The van der Waals surface area contributed by atoms with Gasteiger partial charge in [0.25, 0.3) is 0 Å². The van der Waals surface area contributed by atoms with Crippen LogP contribution in [0.4, 0.5) is 17.1 Å². The molecule has 0 aliphatic carbocycles. The molecule has 2 aromatic heterocycles. The van der Waals surface area contributed by atoms with Gasteiger partial charge in [-0.15, -0.1) is 22.7 Å². The Hall–Kier alpha value is -3.32. The number of nitrogens with one attached hydrogen (secondary N) is 2. The molecule has 0 saturated heterocycles. The normalized spacial score (nSPS) is 11.1. The van der Waals surface area contributed by atoms with E-state index in [1.54, 1.807) is 19.2 Å². The molecule has 4 N–H and O–H groups in total. The van der Waals surface area contributed by atoms with E-state index in [1.165, 1.54) is 46.2 Å². The van der Waals surface area contributed by atoms with Crippen molar-refractivity contribution in [1.82, 2.24) is 9.97 Å². The van der Waals surface area contributed by atoms with Crippen molar-refractivity contribution in [2.45, 2.75) is 8.68 Å². The Morgan fingerprint density at radius 1 is 0.865 bits per heavy atom. The average Bonchev–Trinajstić information content (AvgIpc) is 3.49. The van der Waals surface area contributed by atoms with Gasteiger partial charge in [-0.1, -0.05) is 35.7 Å². The molecule has 12 heteroatoms. The van der Waals surface area contributed by atoms with Crippen LogP contribution < -0.4 is 21.1 Å². The van der Waals surface area contributed by atoms with Crippen LogP contribution in [0.1, 0.15) is 0 Å². The van der Waals surface area contributed by atoms with Crippen molar-refractivity contribution < 1.29 is 14.3 Å². The maximum atomic E-state index is 12.5. The summed E-state index contributed by atoms with van der Waals surface area (Å²) in [6, 6.07) is 18.5. The number of fused-ring (bicyclic) bond motifs is 2. The SMILES string of the molecule is COc1ccccc1NC(=O)CSc1nc2ccc(NC(=O)CSc3nc4ccc(N)cc4s3)cc2s1. The van der Waals surface area contributed by atoms with E-state index >= 15 is 0 Å². The highest BCUT2D eigenvalue weighted by Crippen LogP contribution is 2.33. The summed E-state index contributed by atoms with van der Waals surface area (Å²) in [4.78, 5) is 34.1. The third-order valence-corrected chi connectivity index (χ3v) is 9.40. The summed E-state index contributed by atoms with van der Waals surface area (Å²) in [5, 5.41) is 5.80. The van der Waals surface area contributed by atoms with Gasteiger partial charge in [0.1, 0.15) is 5.75 Å². The number of nitrogens with zero attached hydrogens (tertiary/aromatic N) is 2. The van der Waals surface area contributed by atoms with E-state index in [2.05, 4.69) is 20.6 Å².